The third-order valence-electron chi connectivity index (χ3n) is 2.68. The highest BCUT2D eigenvalue weighted by molar-refractivity contribution is 5.71. The van der Waals surface area contributed by atoms with E-state index in [9.17, 15) is 13.6 Å². The predicted octanol–water partition coefficient (Wildman–Crippen LogP) is 2.74. The van der Waals surface area contributed by atoms with Crippen LogP contribution in [0.2, 0.25) is 0 Å². The van der Waals surface area contributed by atoms with Gasteiger partial charge in [0, 0.05) is 18.7 Å². The van der Waals surface area contributed by atoms with E-state index in [0.29, 0.717) is 18.7 Å². The summed E-state index contributed by atoms with van der Waals surface area (Å²) in [4.78, 5) is 13.3. The number of nitrogens with zero attached hydrogens (tertiary/aromatic N) is 1. The SMILES string of the molecule is CCOC(=O)CN(Cc1cc(F)cc(F)c1)C(C)C. The first-order valence-corrected chi connectivity index (χ1v) is 6.27. The molecule has 106 valence electrons. The Morgan fingerprint density at radius 2 is 1.84 bits per heavy atom. The van der Waals surface area contributed by atoms with E-state index >= 15 is 0 Å². The average molecular weight is 271 g/mol. The summed E-state index contributed by atoms with van der Waals surface area (Å²) in [5.74, 6) is -1.57. The largest absolute Gasteiger partial charge is 0.465 e. The van der Waals surface area contributed by atoms with Crippen molar-refractivity contribution >= 4 is 5.97 Å². The fraction of sp³-hybridized carbons (Fsp3) is 0.500. The molecule has 1 aromatic carbocycles. The molecule has 0 atom stereocenters. The fourth-order valence-electron chi connectivity index (χ4n) is 1.73. The molecule has 0 fully saturated rings. The van der Waals surface area contributed by atoms with E-state index in [1.54, 1.807) is 11.8 Å². The lowest BCUT2D eigenvalue weighted by molar-refractivity contribution is -0.145. The maximum absolute atomic E-state index is 13.1. The molecule has 0 unspecified atom stereocenters. The smallest absolute Gasteiger partial charge is 0.320 e. The summed E-state index contributed by atoms with van der Waals surface area (Å²) < 4.78 is 31.1. The van der Waals surface area contributed by atoms with Gasteiger partial charge in [0.25, 0.3) is 0 Å². The molecule has 19 heavy (non-hydrogen) atoms. The van der Waals surface area contributed by atoms with Crippen molar-refractivity contribution in [3.63, 3.8) is 0 Å². The molecule has 0 aliphatic carbocycles. The van der Waals surface area contributed by atoms with Gasteiger partial charge in [0.2, 0.25) is 0 Å². The molecule has 1 aromatic rings. The van der Waals surface area contributed by atoms with Gasteiger partial charge in [-0.15, -0.1) is 0 Å². The Hall–Kier alpha value is -1.49. The Bertz CT molecular complexity index is 415. The van der Waals surface area contributed by atoms with Crippen LogP contribution in [0.1, 0.15) is 26.3 Å². The first-order chi connectivity index (χ1) is 8.92. The monoisotopic (exact) mass is 271 g/mol. The minimum atomic E-state index is -0.616. The van der Waals surface area contributed by atoms with Crippen molar-refractivity contribution in [1.29, 1.82) is 0 Å². The van der Waals surface area contributed by atoms with Gasteiger partial charge in [-0.2, -0.15) is 0 Å². The van der Waals surface area contributed by atoms with Gasteiger partial charge in [0.1, 0.15) is 11.6 Å². The third kappa shape index (κ3) is 5.34. The van der Waals surface area contributed by atoms with Gasteiger partial charge in [-0.3, -0.25) is 9.69 Å². The van der Waals surface area contributed by atoms with Crippen LogP contribution in [0.15, 0.2) is 18.2 Å². The molecule has 0 N–H and O–H groups in total. The normalized spacial score (nSPS) is 11.1. The second kappa shape index (κ2) is 7.19. The van der Waals surface area contributed by atoms with E-state index in [0.717, 1.165) is 6.07 Å². The van der Waals surface area contributed by atoms with E-state index in [1.165, 1.54) is 12.1 Å². The molecule has 1 rings (SSSR count). The maximum atomic E-state index is 13.1. The van der Waals surface area contributed by atoms with Crippen LogP contribution in [0, 0.1) is 11.6 Å². The van der Waals surface area contributed by atoms with Crippen molar-refractivity contribution in [2.45, 2.75) is 33.4 Å². The lowest BCUT2D eigenvalue weighted by Gasteiger charge is -2.25. The number of ether oxygens (including phenoxy) is 1. The number of carbonyl (C=O) groups excluding carboxylic acids is 1. The number of hydrogen-bond acceptors (Lipinski definition) is 3. The van der Waals surface area contributed by atoms with Gasteiger partial charge in [-0.05, 0) is 38.5 Å². The van der Waals surface area contributed by atoms with Crippen molar-refractivity contribution in [1.82, 2.24) is 4.90 Å². The molecule has 0 aliphatic heterocycles. The number of esters is 1. The molecule has 5 heteroatoms. The second-order valence-electron chi connectivity index (χ2n) is 4.58. The molecular weight excluding hydrogens is 252 g/mol. The molecule has 0 aliphatic rings. The predicted molar refractivity (Wildman–Crippen MR) is 68.5 cm³/mol. The highest BCUT2D eigenvalue weighted by Gasteiger charge is 2.16. The van der Waals surface area contributed by atoms with Crippen LogP contribution < -0.4 is 0 Å². The zero-order valence-electron chi connectivity index (χ0n) is 11.5. The lowest BCUT2D eigenvalue weighted by atomic mass is 10.1. The Kier molecular flexibility index (Phi) is 5.89. The van der Waals surface area contributed by atoms with Crippen LogP contribution in [-0.2, 0) is 16.1 Å². The third-order valence-corrected chi connectivity index (χ3v) is 2.68. The number of halogens is 2. The molecule has 0 aromatic heterocycles. The Balaban J connectivity index is 2.75. The summed E-state index contributed by atoms with van der Waals surface area (Å²) in [7, 11) is 0. The van der Waals surface area contributed by atoms with Gasteiger partial charge >= 0.3 is 5.97 Å². The molecule has 0 radical (unpaired) electrons. The molecule has 0 saturated carbocycles. The molecule has 0 spiro atoms. The summed E-state index contributed by atoms with van der Waals surface area (Å²) >= 11 is 0. The summed E-state index contributed by atoms with van der Waals surface area (Å²) in [6, 6.07) is 3.43. The van der Waals surface area contributed by atoms with Crippen molar-refractivity contribution in [3.8, 4) is 0 Å². The summed E-state index contributed by atoms with van der Waals surface area (Å²) in [5, 5.41) is 0. The van der Waals surface area contributed by atoms with Gasteiger partial charge in [-0.1, -0.05) is 0 Å². The minimum Gasteiger partial charge on any atom is -0.465 e. The Labute approximate surface area is 112 Å². The molecule has 0 heterocycles. The maximum Gasteiger partial charge on any atom is 0.320 e. The van der Waals surface area contributed by atoms with Crippen LogP contribution in [0.4, 0.5) is 8.78 Å². The van der Waals surface area contributed by atoms with Crippen LogP contribution in [0.3, 0.4) is 0 Å². The molecule has 0 bridgehead atoms. The zero-order valence-corrected chi connectivity index (χ0v) is 11.5. The number of rotatable bonds is 6. The van der Waals surface area contributed by atoms with Crippen LogP contribution in [0.25, 0.3) is 0 Å². The number of hydrogen-bond donors (Lipinski definition) is 0. The van der Waals surface area contributed by atoms with Crippen molar-refractivity contribution < 1.29 is 18.3 Å². The Morgan fingerprint density at radius 1 is 1.26 bits per heavy atom. The lowest BCUT2D eigenvalue weighted by Crippen LogP contribution is -2.36. The first kappa shape index (κ1) is 15.6. The second-order valence-corrected chi connectivity index (χ2v) is 4.58. The van der Waals surface area contributed by atoms with E-state index in [4.69, 9.17) is 4.74 Å². The van der Waals surface area contributed by atoms with Crippen LogP contribution in [-0.4, -0.2) is 30.1 Å². The van der Waals surface area contributed by atoms with Gasteiger partial charge in [0.05, 0.1) is 13.2 Å². The number of benzene rings is 1. The molecule has 0 saturated heterocycles. The van der Waals surface area contributed by atoms with Gasteiger partial charge in [0.15, 0.2) is 0 Å². The molecule has 3 nitrogen and oxygen atoms in total. The number of carbonyl (C=O) groups is 1. The van der Waals surface area contributed by atoms with Gasteiger partial charge < -0.3 is 4.74 Å². The summed E-state index contributed by atoms with van der Waals surface area (Å²) in [5.41, 5.74) is 0.496. The standard InChI is InChI=1S/C14H19F2NO2/c1-4-19-14(18)9-17(10(2)3)8-11-5-12(15)7-13(16)6-11/h5-7,10H,4,8-9H2,1-3H3. The molecular formula is C14H19F2NO2. The van der Waals surface area contributed by atoms with Crippen molar-refractivity contribution in [2.75, 3.05) is 13.2 Å². The van der Waals surface area contributed by atoms with Crippen molar-refractivity contribution in [2.24, 2.45) is 0 Å². The fourth-order valence-corrected chi connectivity index (χ4v) is 1.73. The van der Waals surface area contributed by atoms with E-state index in [-0.39, 0.29) is 18.6 Å². The topological polar surface area (TPSA) is 29.5 Å². The minimum absolute atomic E-state index is 0.0655. The van der Waals surface area contributed by atoms with Crippen LogP contribution >= 0.6 is 0 Å². The zero-order chi connectivity index (χ0) is 14.4. The quantitative estimate of drug-likeness (QED) is 0.745. The first-order valence-electron chi connectivity index (χ1n) is 6.27. The van der Waals surface area contributed by atoms with Crippen LogP contribution in [0.5, 0.6) is 0 Å². The summed E-state index contributed by atoms with van der Waals surface area (Å²) in [6.45, 7) is 6.28. The summed E-state index contributed by atoms with van der Waals surface area (Å²) in [6.07, 6.45) is 0. The van der Waals surface area contributed by atoms with E-state index in [2.05, 4.69) is 0 Å². The Morgan fingerprint density at radius 3 is 2.32 bits per heavy atom. The van der Waals surface area contributed by atoms with E-state index < -0.39 is 11.6 Å². The van der Waals surface area contributed by atoms with Crippen molar-refractivity contribution in [3.05, 3.63) is 35.4 Å². The van der Waals surface area contributed by atoms with Gasteiger partial charge in [-0.25, -0.2) is 8.78 Å². The highest BCUT2D eigenvalue weighted by Crippen LogP contribution is 2.12. The average Bonchev–Trinajstić information content (AvgIpc) is 2.26. The highest BCUT2D eigenvalue weighted by atomic mass is 19.1. The van der Waals surface area contributed by atoms with E-state index in [1.807, 2.05) is 13.8 Å². The molecule has 0 amide bonds.